The van der Waals surface area contributed by atoms with Gasteiger partial charge < -0.3 is 9.47 Å². The Kier molecular flexibility index (Phi) is 5.00. The summed E-state index contributed by atoms with van der Waals surface area (Å²) in [6.07, 6.45) is 3.24. The maximum absolute atomic E-state index is 5.96. The van der Waals surface area contributed by atoms with Gasteiger partial charge in [-0.2, -0.15) is 0 Å². The minimum absolute atomic E-state index is 0.135. The maximum atomic E-state index is 5.96. The second-order valence-electron chi connectivity index (χ2n) is 6.46. The van der Waals surface area contributed by atoms with Crippen molar-refractivity contribution in [2.75, 3.05) is 33.4 Å². The number of rotatable bonds is 5. The van der Waals surface area contributed by atoms with Gasteiger partial charge in [0.15, 0.2) is 0 Å². The molecule has 0 aromatic carbocycles. The molecule has 1 saturated heterocycles. The Hall–Kier alpha value is -1.13. The second kappa shape index (κ2) is 6.55. The van der Waals surface area contributed by atoms with Crippen molar-refractivity contribution in [1.29, 1.82) is 0 Å². The Morgan fingerprint density at radius 1 is 1.35 bits per heavy atom. The molecule has 112 valence electrons. The van der Waals surface area contributed by atoms with E-state index >= 15 is 0 Å². The van der Waals surface area contributed by atoms with Crippen molar-refractivity contribution in [2.45, 2.75) is 38.7 Å². The van der Waals surface area contributed by atoms with E-state index in [-0.39, 0.29) is 11.5 Å². The molecule has 0 bridgehead atoms. The van der Waals surface area contributed by atoms with E-state index in [2.05, 4.69) is 36.7 Å². The van der Waals surface area contributed by atoms with Crippen LogP contribution in [0.5, 0.6) is 5.88 Å². The summed E-state index contributed by atoms with van der Waals surface area (Å²) in [5.41, 5.74) is 1.37. The van der Waals surface area contributed by atoms with Crippen LogP contribution < -0.4 is 4.74 Å². The molecule has 4 nitrogen and oxygen atoms in total. The molecule has 4 heteroatoms. The Labute approximate surface area is 122 Å². The molecule has 20 heavy (non-hydrogen) atoms. The van der Waals surface area contributed by atoms with E-state index in [0.29, 0.717) is 0 Å². The zero-order valence-corrected chi connectivity index (χ0v) is 13.1. The normalized spacial score (nSPS) is 20.3. The lowest BCUT2D eigenvalue weighted by molar-refractivity contribution is 0.147. The maximum Gasteiger partial charge on any atom is 0.213 e. The molecule has 1 aliphatic heterocycles. The van der Waals surface area contributed by atoms with Crippen molar-refractivity contribution in [3.8, 4) is 5.88 Å². The van der Waals surface area contributed by atoms with Gasteiger partial charge in [0, 0.05) is 39.0 Å². The Bertz CT molecular complexity index is 411. The van der Waals surface area contributed by atoms with Crippen molar-refractivity contribution in [3.63, 3.8) is 0 Å². The van der Waals surface area contributed by atoms with Gasteiger partial charge in [0.25, 0.3) is 0 Å². The van der Waals surface area contributed by atoms with Crippen LogP contribution in [-0.2, 0) is 10.2 Å². The predicted molar refractivity (Wildman–Crippen MR) is 80.3 cm³/mol. The minimum atomic E-state index is 0.135. The van der Waals surface area contributed by atoms with Crippen molar-refractivity contribution in [1.82, 2.24) is 9.88 Å². The van der Waals surface area contributed by atoms with Crippen LogP contribution in [0.2, 0.25) is 0 Å². The molecule has 1 aromatic heterocycles. The van der Waals surface area contributed by atoms with Gasteiger partial charge in [-0.25, -0.2) is 4.98 Å². The Morgan fingerprint density at radius 2 is 2.15 bits per heavy atom. The molecule has 2 heterocycles. The van der Waals surface area contributed by atoms with Crippen LogP contribution in [0.4, 0.5) is 0 Å². The van der Waals surface area contributed by atoms with Crippen molar-refractivity contribution in [2.24, 2.45) is 0 Å². The van der Waals surface area contributed by atoms with Gasteiger partial charge >= 0.3 is 0 Å². The number of aromatic nitrogens is 1. The smallest absolute Gasteiger partial charge is 0.213 e. The Morgan fingerprint density at radius 3 is 2.75 bits per heavy atom. The number of likely N-dealkylation sites (tertiary alicyclic amines) is 1. The molecule has 1 aliphatic rings. The summed E-state index contributed by atoms with van der Waals surface area (Å²) in [6, 6.07) is 4.10. The van der Waals surface area contributed by atoms with Gasteiger partial charge in [-0.15, -0.1) is 0 Å². The molecule has 0 saturated carbocycles. The largest absolute Gasteiger partial charge is 0.473 e. The van der Waals surface area contributed by atoms with Crippen molar-refractivity contribution < 1.29 is 9.47 Å². The molecule has 0 radical (unpaired) electrons. The van der Waals surface area contributed by atoms with Crippen LogP contribution in [0, 0.1) is 0 Å². The summed E-state index contributed by atoms with van der Waals surface area (Å²) in [5.74, 6) is 0.733. The molecule has 0 spiro atoms. The fourth-order valence-electron chi connectivity index (χ4n) is 2.38. The molecule has 1 fully saturated rings. The first-order valence-corrected chi connectivity index (χ1v) is 7.33. The third kappa shape index (κ3) is 4.18. The van der Waals surface area contributed by atoms with Crippen LogP contribution in [0.15, 0.2) is 18.3 Å². The first-order chi connectivity index (χ1) is 9.49. The number of hydrogen-bond acceptors (Lipinski definition) is 4. The van der Waals surface area contributed by atoms with Crippen molar-refractivity contribution >= 4 is 0 Å². The fraction of sp³-hybridized carbons (Fsp3) is 0.688. The van der Waals surface area contributed by atoms with Gasteiger partial charge in [0.05, 0.1) is 6.61 Å². The fourth-order valence-corrected chi connectivity index (χ4v) is 2.38. The average molecular weight is 278 g/mol. The lowest BCUT2D eigenvalue weighted by Crippen LogP contribution is -2.28. The standard InChI is InChI=1S/C16H26N2O2/c1-16(2,3)13-5-6-15(17-11-13)20-14-7-8-18(12-14)9-10-19-4/h5-6,11,14H,7-10,12H2,1-4H3. The summed E-state index contributed by atoms with van der Waals surface area (Å²) >= 11 is 0. The Balaban J connectivity index is 1.85. The molecule has 1 aromatic rings. The topological polar surface area (TPSA) is 34.6 Å². The number of methoxy groups -OCH3 is 1. The summed E-state index contributed by atoms with van der Waals surface area (Å²) in [5, 5.41) is 0. The van der Waals surface area contributed by atoms with E-state index in [4.69, 9.17) is 9.47 Å². The highest BCUT2D eigenvalue weighted by Gasteiger charge is 2.24. The molecule has 0 amide bonds. The van der Waals surface area contributed by atoms with Crippen LogP contribution in [0.25, 0.3) is 0 Å². The molecular weight excluding hydrogens is 252 g/mol. The van der Waals surface area contributed by atoms with Gasteiger partial charge in [-0.3, -0.25) is 4.90 Å². The molecule has 1 atom stereocenters. The van der Waals surface area contributed by atoms with Crippen LogP contribution >= 0.6 is 0 Å². The number of ether oxygens (including phenoxy) is 2. The summed E-state index contributed by atoms with van der Waals surface area (Å²) in [7, 11) is 1.74. The van der Waals surface area contributed by atoms with E-state index in [9.17, 15) is 0 Å². The van der Waals surface area contributed by atoms with E-state index < -0.39 is 0 Å². The summed E-state index contributed by atoms with van der Waals surface area (Å²) < 4.78 is 11.1. The highest BCUT2D eigenvalue weighted by molar-refractivity contribution is 5.23. The van der Waals surface area contributed by atoms with Gasteiger partial charge in [-0.05, 0) is 17.4 Å². The van der Waals surface area contributed by atoms with Gasteiger partial charge in [-0.1, -0.05) is 26.8 Å². The van der Waals surface area contributed by atoms with Crippen LogP contribution in [-0.4, -0.2) is 49.3 Å². The number of pyridine rings is 1. The molecule has 0 aliphatic carbocycles. The van der Waals surface area contributed by atoms with E-state index in [1.54, 1.807) is 7.11 Å². The minimum Gasteiger partial charge on any atom is -0.473 e. The zero-order chi connectivity index (χ0) is 14.6. The molecule has 0 N–H and O–H groups in total. The zero-order valence-electron chi connectivity index (χ0n) is 13.1. The molecule has 1 unspecified atom stereocenters. The highest BCUT2D eigenvalue weighted by atomic mass is 16.5. The summed E-state index contributed by atoms with van der Waals surface area (Å²) in [4.78, 5) is 6.80. The van der Waals surface area contributed by atoms with Gasteiger partial charge in [0.2, 0.25) is 5.88 Å². The van der Waals surface area contributed by atoms with E-state index in [0.717, 1.165) is 38.5 Å². The van der Waals surface area contributed by atoms with E-state index in [1.807, 2.05) is 12.3 Å². The first-order valence-electron chi connectivity index (χ1n) is 7.33. The lowest BCUT2D eigenvalue weighted by atomic mass is 9.88. The SMILES string of the molecule is COCCN1CCC(Oc2ccc(C(C)(C)C)cn2)C1. The van der Waals surface area contributed by atoms with Crippen LogP contribution in [0.3, 0.4) is 0 Å². The molecule has 2 rings (SSSR count). The first kappa shape index (κ1) is 15.3. The van der Waals surface area contributed by atoms with Crippen molar-refractivity contribution in [3.05, 3.63) is 23.9 Å². The van der Waals surface area contributed by atoms with Crippen LogP contribution in [0.1, 0.15) is 32.8 Å². The molecular formula is C16H26N2O2. The van der Waals surface area contributed by atoms with E-state index in [1.165, 1.54) is 5.56 Å². The second-order valence-corrected chi connectivity index (χ2v) is 6.46. The summed E-state index contributed by atoms with van der Waals surface area (Å²) in [6.45, 7) is 10.4. The predicted octanol–water partition coefficient (Wildman–Crippen LogP) is 2.48. The average Bonchev–Trinajstić information content (AvgIpc) is 2.83. The monoisotopic (exact) mass is 278 g/mol. The third-order valence-electron chi connectivity index (χ3n) is 3.73. The van der Waals surface area contributed by atoms with Gasteiger partial charge in [0.1, 0.15) is 6.10 Å². The number of hydrogen-bond donors (Lipinski definition) is 0. The third-order valence-corrected chi connectivity index (χ3v) is 3.73. The highest BCUT2D eigenvalue weighted by Crippen LogP contribution is 2.23. The lowest BCUT2D eigenvalue weighted by Gasteiger charge is -2.19. The quantitative estimate of drug-likeness (QED) is 0.829. The number of nitrogens with zero attached hydrogens (tertiary/aromatic N) is 2.